The summed E-state index contributed by atoms with van der Waals surface area (Å²) in [5.41, 5.74) is 0. The molecule has 2 rings (SSSR count). The van der Waals surface area contributed by atoms with Crippen molar-refractivity contribution in [3.05, 3.63) is 17.0 Å². The van der Waals surface area contributed by atoms with Crippen LogP contribution in [-0.4, -0.2) is 64.8 Å². The van der Waals surface area contributed by atoms with Gasteiger partial charge >= 0.3 is 0 Å². The SMILES string of the molecule is C[C@@H]1CN(S(=O)(=O)NCc2ccc(S(=O)(=O)N(C)C)s2)C[C@H](C)O1. The molecule has 1 aliphatic heterocycles. The normalized spacial score (nSPS) is 23.7. The van der Waals surface area contributed by atoms with Crippen LogP contribution in [0.4, 0.5) is 0 Å². The molecule has 0 unspecified atom stereocenters. The average Bonchev–Trinajstić information content (AvgIpc) is 2.93. The van der Waals surface area contributed by atoms with E-state index in [1.807, 2.05) is 13.8 Å². The molecule has 0 saturated carbocycles. The lowest BCUT2D eigenvalue weighted by atomic mass is 10.3. The summed E-state index contributed by atoms with van der Waals surface area (Å²) < 4.78 is 59.6. The first-order valence-electron chi connectivity index (χ1n) is 7.44. The Hall–Kier alpha value is -0.560. The Morgan fingerprint density at radius 2 is 1.79 bits per heavy atom. The largest absolute Gasteiger partial charge is 0.373 e. The Morgan fingerprint density at radius 1 is 1.21 bits per heavy atom. The summed E-state index contributed by atoms with van der Waals surface area (Å²) in [7, 11) is -4.22. The van der Waals surface area contributed by atoms with E-state index in [9.17, 15) is 16.8 Å². The minimum absolute atomic E-state index is 0.0517. The summed E-state index contributed by atoms with van der Waals surface area (Å²) in [5.74, 6) is 0. The molecule has 2 atom stereocenters. The van der Waals surface area contributed by atoms with E-state index in [1.165, 1.54) is 24.5 Å². The first-order chi connectivity index (χ1) is 11.0. The molecule has 0 bridgehead atoms. The molecule has 8 nitrogen and oxygen atoms in total. The Morgan fingerprint density at radius 3 is 2.33 bits per heavy atom. The molecular weight excluding hydrogens is 374 g/mol. The van der Waals surface area contributed by atoms with Gasteiger partial charge in [0.1, 0.15) is 4.21 Å². The van der Waals surface area contributed by atoms with Gasteiger partial charge in [0, 0.05) is 38.6 Å². The van der Waals surface area contributed by atoms with Crippen molar-refractivity contribution in [2.75, 3.05) is 27.2 Å². The molecule has 138 valence electrons. The number of rotatable bonds is 6. The fourth-order valence-electron chi connectivity index (χ4n) is 2.35. The summed E-state index contributed by atoms with van der Waals surface area (Å²) in [6, 6.07) is 3.11. The molecule has 1 saturated heterocycles. The lowest BCUT2D eigenvalue weighted by Gasteiger charge is -2.34. The van der Waals surface area contributed by atoms with Crippen molar-refractivity contribution in [2.24, 2.45) is 0 Å². The van der Waals surface area contributed by atoms with Crippen LogP contribution in [0.25, 0.3) is 0 Å². The molecule has 1 aromatic heterocycles. The number of morpholine rings is 1. The van der Waals surface area contributed by atoms with E-state index < -0.39 is 20.2 Å². The Labute approximate surface area is 147 Å². The van der Waals surface area contributed by atoms with Gasteiger partial charge in [-0.05, 0) is 26.0 Å². The first kappa shape index (κ1) is 19.8. The van der Waals surface area contributed by atoms with Gasteiger partial charge in [0.2, 0.25) is 0 Å². The topological polar surface area (TPSA) is 96.0 Å². The standard InChI is InChI=1S/C13H23N3O5S3/c1-10-8-16(9-11(2)21-10)24(19,20)14-7-12-5-6-13(22-12)23(17,18)15(3)4/h5-6,10-11,14H,7-9H2,1-4H3/t10-,11+. The summed E-state index contributed by atoms with van der Waals surface area (Å²) in [6.45, 7) is 4.30. The third kappa shape index (κ3) is 4.54. The van der Waals surface area contributed by atoms with Gasteiger partial charge in [0.05, 0.1) is 12.2 Å². The number of nitrogens with one attached hydrogen (secondary N) is 1. The second-order valence-corrected chi connectivity index (χ2v) is 11.2. The zero-order valence-electron chi connectivity index (χ0n) is 14.1. The fourth-order valence-corrected chi connectivity index (χ4v) is 6.24. The molecule has 1 fully saturated rings. The van der Waals surface area contributed by atoms with Crippen LogP contribution < -0.4 is 4.72 Å². The third-order valence-corrected chi connectivity index (χ3v) is 8.38. The molecule has 0 spiro atoms. The molecule has 0 amide bonds. The van der Waals surface area contributed by atoms with Crippen LogP contribution in [0.2, 0.25) is 0 Å². The number of hydrogen-bond acceptors (Lipinski definition) is 6. The number of sulfonamides is 1. The van der Waals surface area contributed by atoms with E-state index in [0.29, 0.717) is 18.0 Å². The number of hydrogen-bond donors (Lipinski definition) is 1. The van der Waals surface area contributed by atoms with E-state index >= 15 is 0 Å². The zero-order valence-corrected chi connectivity index (χ0v) is 16.5. The van der Waals surface area contributed by atoms with Gasteiger partial charge < -0.3 is 4.74 Å². The van der Waals surface area contributed by atoms with Gasteiger partial charge in [-0.25, -0.2) is 12.7 Å². The Kier molecular flexibility index (Phi) is 6.06. The van der Waals surface area contributed by atoms with Crippen LogP contribution in [0.3, 0.4) is 0 Å². The van der Waals surface area contributed by atoms with Gasteiger partial charge in [-0.2, -0.15) is 17.4 Å². The monoisotopic (exact) mass is 397 g/mol. The van der Waals surface area contributed by atoms with E-state index in [1.54, 1.807) is 6.07 Å². The van der Waals surface area contributed by atoms with Crippen molar-refractivity contribution in [1.29, 1.82) is 0 Å². The van der Waals surface area contributed by atoms with E-state index in [2.05, 4.69) is 4.72 Å². The van der Waals surface area contributed by atoms with E-state index in [-0.39, 0.29) is 23.0 Å². The van der Waals surface area contributed by atoms with E-state index in [0.717, 1.165) is 15.6 Å². The molecule has 0 aliphatic carbocycles. The molecule has 1 N–H and O–H groups in total. The second kappa shape index (κ2) is 7.36. The fraction of sp³-hybridized carbons (Fsp3) is 0.692. The maximum atomic E-state index is 12.4. The minimum Gasteiger partial charge on any atom is -0.373 e. The minimum atomic E-state index is -3.64. The Balaban J connectivity index is 2.04. The van der Waals surface area contributed by atoms with Crippen LogP contribution >= 0.6 is 11.3 Å². The first-order valence-corrected chi connectivity index (χ1v) is 11.1. The van der Waals surface area contributed by atoms with Crippen LogP contribution in [0.5, 0.6) is 0 Å². The van der Waals surface area contributed by atoms with Gasteiger partial charge in [-0.3, -0.25) is 0 Å². The number of nitrogens with zero attached hydrogens (tertiary/aromatic N) is 2. The molecule has 2 heterocycles. The molecular formula is C13H23N3O5S3. The molecule has 24 heavy (non-hydrogen) atoms. The van der Waals surface area contributed by atoms with Crippen LogP contribution in [0.15, 0.2) is 16.3 Å². The lowest BCUT2D eigenvalue weighted by Crippen LogP contribution is -2.51. The number of ether oxygens (including phenoxy) is 1. The lowest BCUT2D eigenvalue weighted by molar-refractivity contribution is -0.0444. The van der Waals surface area contributed by atoms with Crippen molar-refractivity contribution in [3.63, 3.8) is 0 Å². The van der Waals surface area contributed by atoms with Gasteiger partial charge in [0.15, 0.2) is 0 Å². The van der Waals surface area contributed by atoms with Crippen LogP contribution in [0.1, 0.15) is 18.7 Å². The summed E-state index contributed by atoms with van der Waals surface area (Å²) in [6.07, 6.45) is -0.326. The predicted octanol–water partition coefficient (Wildman–Crippen LogP) is 0.442. The molecule has 1 aromatic rings. The van der Waals surface area contributed by atoms with Crippen molar-refractivity contribution in [2.45, 2.75) is 36.8 Å². The van der Waals surface area contributed by atoms with Crippen molar-refractivity contribution < 1.29 is 21.6 Å². The highest BCUT2D eigenvalue weighted by molar-refractivity contribution is 7.91. The maximum Gasteiger partial charge on any atom is 0.279 e. The van der Waals surface area contributed by atoms with Crippen molar-refractivity contribution in [3.8, 4) is 0 Å². The maximum absolute atomic E-state index is 12.4. The molecule has 0 radical (unpaired) electrons. The third-order valence-electron chi connectivity index (χ3n) is 3.53. The molecule has 1 aliphatic rings. The second-order valence-electron chi connectivity index (χ2n) is 5.91. The highest BCUT2D eigenvalue weighted by atomic mass is 32.2. The summed E-state index contributed by atoms with van der Waals surface area (Å²) >= 11 is 1.06. The molecule has 0 aromatic carbocycles. The van der Waals surface area contributed by atoms with Gasteiger partial charge in [0.25, 0.3) is 20.2 Å². The predicted molar refractivity (Wildman–Crippen MR) is 92.5 cm³/mol. The zero-order chi connectivity index (χ0) is 18.1. The average molecular weight is 398 g/mol. The summed E-state index contributed by atoms with van der Waals surface area (Å²) in [4.78, 5) is 0.633. The Bertz CT molecular complexity index is 763. The van der Waals surface area contributed by atoms with Crippen molar-refractivity contribution >= 4 is 31.6 Å². The van der Waals surface area contributed by atoms with Gasteiger partial charge in [-0.15, -0.1) is 11.3 Å². The van der Waals surface area contributed by atoms with Crippen LogP contribution in [-0.2, 0) is 31.5 Å². The van der Waals surface area contributed by atoms with Crippen molar-refractivity contribution in [1.82, 2.24) is 13.3 Å². The molecule has 11 heteroatoms. The number of thiophene rings is 1. The van der Waals surface area contributed by atoms with Crippen LogP contribution in [0, 0.1) is 0 Å². The van der Waals surface area contributed by atoms with E-state index in [4.69, 9.17) is 4.74 Å². The highest BCUT2D eigenvalue weighted by Gasteiger charge is 2.31. The van der Waals surface area contributed by atoms with Gasteiger partial charge in [-0.1, -0.05) is 0 Å². The smallest absolute Gasteiger partial charge is 0.279 e. The highest BCUT2D eigenvalue weighted by Crippen LogP contribution is 2.24. The quantitative estimate of drug-likeness (QED) is 0.752. The summed E-state index contributed by atoms with van der Waals surface area (Å²) in [5, 5.41) is 0.